The van der Waals surface area contributed by atoms with Gasteiger partial charge in [0.1, 0.15) is 0 Å². The highest BCUT2D eigenvalue weighted by Crippen LogP contribution is 1.96. The maximum Gasteiger partial charge on any atom is 0.205 e. The minimum Gasteiger partial charge on any atom is -0.351 e. The van der Waals surface area contributed by atoms with Crippen LogP contribution in [0.4, 0.5) is 0 Å². The predicted molar refractivity (Wildman–Crippen MR) is 54.0 cm³/mol. The van der Waals surface area contributed by atoms with Crippen molar-refractivity contribution in [2.75, 3.05) is 7.05 Å². The van der Waals surface area contributed by atoms with Crippen LogP contribution in [0.15, 0.2) is 35.3 Å². The first-order valence-electron chi connectivity index (χ1n) is 4.08. The van der Waals surface area contributed by atoms with Crippen molar-refractivity contribution in [3.8, 4) is 0 Å². The number of benzene rings is 1. The molecular weight excluding hydrogens is 164 g/mol. The van der Waals surface area contributed by atoms with E-state index in [0.29, 0.717) is 5.96 Å². The third-order valence-corrected chi connectivity index (χ3v) is 1.66. The van der Waals surface area contributed by atoms with Crippen molar-refractivity contribution in [2.24, 2.45) is 10.8 Å². The number of nitrogens with one attached hydrogen (secondary N) is 2. The topological polar surface area (TPSA) is 62.4 Å². The van der Waals surface area contributed by atoms with E-state index in [0.717, 1.165) is 6.54 Å². The molecule has 0 aromatic heterocycles. The average Bonchev–Trinajstić information content (AvgIpc) is 2.21. The molecular formula is C9H14N4. The standard InChI is InChI=1S/C9H14N4/c1-11-9(13-10)12-7-8-5-3-2-4-6-8/h2-6H,7,10H2,1H3,(H2,11,12,13). The molecule has 0 saturated carbocycles. The monoisotopic (exact) mass is 178 g/mol. The molecule has 0 aliphatic rings. The SMILES string of the molecule is CN=C(NN)NCc1ccccc1. The number of hydrogen-bond acceptors (Lipinski definition) is 2. The van der Waals surface area contributed by atoms with Gasteiger partial charge in [0.05, 0.1) is 0 Å². The molecule has 1 aromatic rings. The van der Waals surface area contributed by atoms with E-state index in [4.69, 9.17) is 5.84 Å². The quantitative estimate of drug-likeness (QED) is 0.263. The summed E-state index contributed by atoms with van der Waals surface area (Å²) in [4.78, 5) is 3.89. The van der Waals surface area contributed by atoms with E-state index in [-0.39, 0.29) is 0 Å². The summed E-state index contributed by atoms with van der Waals surface area (Å²) in [7, 11) is 1.67. The zero-order valence-electron chi connectivity index (χ0n) is 7.62. The molecule has 1 rings (SSSR count). The van der Waals surface area contributed by atoms with E-state index in [1.165, 1.54) is 5.56 Å². The molecule has 0 unspecified atom stereocenters. The van der Waals surface area contributed by atoms with E-state index in [1.54, 1.807) is 7.05 Å². The highest BCUT2D eigenvalue weighted by Gasteiger charge is 1.93. The molecule has 0 spiro atoms. The van der Waals surface area contributed by atoms with Gasteiger partial charge in [-0.15, -0.1) is 0 Å². The summed E-state index contributed by atoms with van der Waals surface area (Å²) in [6.07, 6.45) is 0. The summed E-state index contributed by atoms with van der Waals surface area (Å²) >= 11 is 0. The second kappa shape index (κ2) is 5.16. The summed E-state index contributed by atoms with van der Waals surface area (Å²) in [6, 6.07) is 10.1. The maximum atomic E-state index is 5.20. The molecule has 0 saturated heterocycles. The van der Waals surface area contributed by atoms with Crippen molar-refractivity contribution in [3.63, 3.8) is 0 Å². The van der Waals surface area contributed by atoms with E-state index < -0.39 is 0 Å². The van der Waals surface area contributed by atoms with E-state index >= 15 is 0 Å². The Morgan fingerprint density at radius 1 is 1.38 bits per heavy atom. The summed E-state index contributed by atoms with van der Waals surface area (Å²) in [6.45, 7) is 0.720. The van der Waals surface area contributed by atoms with E-state index in [9.17, 15) is 0 Å². The Labute approximate surface area is 77.8 Å². The van der Waals surface area contributed by atoms with Gasteiger partial charge in [-0.1, -0.05) is 30.3 Å². The maximum absolute atomic E-state index is 5.20. The molecule has 0 bridgehead atoms. The molecule has 0 atom stereocenters. The largest absolute Gasteiger partial charge is 0.351 e. The Kier molecular flexibility index (Phi) is 3.78. The fourth-order valence-corrected chi connectivity index (χ4v) is 0.976. The molecule has 0 amide bonds. The lowest BCUT2D eigenvalue weighted by molar-refractivity contribution is 0.840. The van der Waals surface area contributed by atoms with E-state index in [1.807, 2.05) is 30.3 Å². The molecule has 1 aromatic carbocycles. The molecule has 70 valence electrons. The van der Waals surface area contributed by atoms with Gasteiger partial charge in [0, 0.05) is 13.6 Å². The molecule has 4 heteroatoms. The molecule has 0 aliphatic carbocycles. The van der Waals surface area contributed by atoms with Gasteiger partial charge >= 0.3 is 0 Å². The lowest BCUT2D eigenvalue weighted by Gasteiger charge is -2.07. The van der Waals surface area contributed by atoms with Crippen molar-refractivity contribution >= 4 is 5.96 Å². The third-order valence-electron chi connectivity index (χ3n) is 1.66. The first-order valence-corrected chi connectivity index (χ1v) is 4.08. The summed E-state index contributed by atoms with van der Waals surface area (Å²) < 4.78 is 0. The molecule has 0 radical (unpaired) electrons. The number of nitrogens with zero attached hydrogens (tertiary/aromatic N) is 1. The zero-order valence-corrected chi connectivity index (χ0v) is 7.62. The van der Waals surface area contributed by atoms with Crippen molar-refractivity contribution < 1.29 is 0 Å². The number of hydrogen-bond donors (Lipinski definition) is 3. The van der Waals surface area contributed by atoms with Crippen LogP contribution in [0.3, 0.4) is 0 Å². The number of rotatable bonds is 2. The van der Waals surface area contributed by atoms with Crippen molar-refractivity contribution in [3.05, 3.63) is 35.9 Å². The molecule has 4 nitrogen and oxygen atoms in total. The fraction of sp³-hybridized carbons (Fsp3) is 0.222. The Morgan fingerprint density at radius 2 is 2.08 bits per heavy atom. The van der Waals surface area contributed by atoms with Crippen molar-refractivity contribution in [1.82, 2.24) is 10.7 Å². The van der Waals surface area contributed by atoms with Gasteiger partial charge in [0.2, 0.25) is 5.96 Å². The molecule has 0 fully saturated rings. The number of nitrogens with two attached hydrogens (primary N) is 1. The van der Waals surface area contributed by atoms with Crippen LogP contribution in [-0.4, -0.2) is 13.0 Å². The van der Waals surface area contributed by atoms with Crippen LogP contribution in [-0.2, 0) is 6.54 Å². The minimum atomic E-state index is 0.587. The van der Waals surface area contributed by atoms with Crippen LogP contribution >= 0.6 is 0 Å². The fourth-order valence-electron chi connectivity index (χ4n) is 0.976. The first kappa shape index (κ1) is 9.54. The Bertz CT molecular complexity index is 268. The number of aliphatic imine (C=N–C) groups is 1. The zero-order chi connectivity index (χ0) is 9.52. The highest BCUT2D eigenvalue weighted by atomic mass is 15.3. The van der Waals surface area contributed by atoms with Gasteiger partial charge in [-0.05, 0) is 5.56 Å². The normalized spacial score (nSPS) is 11.1. The van der Waals surface area contributed by atoms with Crippen LogP contribution in [0, 0.1) is 0 Å². The second-order valence-corrected chi connectivity index (χ2v) is 2.56. The Morgan fingerprint density at radius 3 is 2.62 bits per heavy atom. The molecule has 0 aliphatic heterocycles. The lowest BCUT2D eigenvalue weighted by Crippen LogP contribution is -2.40. The molecule has 4 N–H and O–H groups in total. The first-order chi connectivity index (χ1) is 6.36. The van der Waals surface area contributed by atoms with Crippen LogP contribution in [0.5, 0.6) is 0 Å². The minimum absolute atomic E-state index is 0.587. The van der Waals surface area contributed by atoms with Crippen molar-refractivity contribution in [1.29, 1.82) is 0 Å². The van der Waals surface area contributed by atoms with Crippen LogP contribution in [0.25, 0.3) is 0 Å². The smallest absolute Gasteiger partial charge is 0.205 e. The predicted octanol–water partition coefficient (Wildman–Crippen LogP) is 0.225. The average molecular weight is 178 g/mol. The van der Waals surface area contributed by atoms with E-state index in [2.05, 4.69) is 15.7 Å². The van der Waals surface area contributed by atoms with Crippen molar-refractivity contribution in [2.45, 2.75) is 6.54 Å². The van der Waals surface area contributed by atoms with Gasteiger partial charge in [-0.25, -0.2) is 5.84 Å². The van der Waals surface area contributed by atoms with Crippen LogP contribution in [0.2, 0.25) is 0 Å². The number of guanidine groups is 1. The van der Waals surface area contributed by atoms with Gasteiger partial charge in [0.15, 0.2) is 0 Å². The third kappa shape index (κ3) is 3.13. The van der Waals surface area contributed by atoms with Gasteiger partial charge < -0.3 is 5.32 Å². The molecule has 13 heavy (non-hydrogen) atoms. The summed E-state index contributed by atoms with van der Waals surface area (Å²) in [5.74, 6) is 5.79. The summed E-state index contributed by atoms with van der Waals surface area (Å²) in [5.41, 5.74) is 3.65. The Balaban J connectivity index is 2.43. The number of hydrazine groups is 1. The second-order valence-electron chi connectivity index (χ2n) is 2.56. The summed E-state index contributed by atoms with van der Waals surface area (Å²) in [5, 5.41) is 3.05. The Hall–Kier alpha value is -1.55. The van der Waals surface area contributed by atoms with Gasteiger partial charge in [0.25, 0.3) is 0 Å². The van der Waals surface area contributed by atoms with Gasteiger partial charge in [-0.2, -0.15) is 0 Å². The van der Waals surface area contributed by atoms with Gasteiger partial charge in [-0.3, -0.25) is 10.4 Å². The highest BCUT2D eigenvalue weighted by molar-refractivity contribution is 5.78. The molecule has 0 heterocycles. The lowest BCUT2D eigenvalue weighted by atomic mass is 10.2. The van der Waals surface area contributed by atoms with Crippen LogP contribution < -0.4 is 16.6 Å². The van der Waals surface area contributed by atoms with Crippen LogP contribution in [0.1, 0.15) is 5.56 Å².